The summed E-state index contributed by atoms with van der Waals surface area (Å²) >= 11 is 0. The van der Waals surface area contributed by atoms with Crippen molar-refractivity contribution in [2.45, 2.75) is 27.2 Å². The molecule has 0 bridgehead atoms. The average molecular weight is 387 g/mol. The van der Waals surface area contributed by atoms with Gasteiger partial charge in [-0.2, -0.15) is 0 Å². The van der Waals surface area contributed by atoms with Crippen LogP contribution in [0.4, 0.5) is 17.2 Å². The molecule has 0 radical (unpaired) electrons. The molecule has 29 heavy (non-hydrogen) atoms. The van der Waals surface area contributed by atoms with Gasteiger partial charge in [0.05, 0.1) is 6.42 Å². The van der Waals surface area contributed by atoms with Gasteiger partial charge in [0.2, 0.25) is 5.91 Å². The average Bonchev–Trinajstić information content (AvgIpc) is 3.06. The summed E-state index contributed by atoms with van der Waals surface area (Å²) in [5.41, 5.74) is 5.96. The molecule has 4 aromatic rings. The SMILES string of the molecule is Cc1cc(C)c2onc(CC(=O)Nc3ccc(Nc4cc(C)ncn4)cc3)c2c1. The minimum Gasteiger partial charge on any atom is -0.356 e. The van der Waals surface area contributed by atoms with Crippen molar-refractivity contribution in [1.29, 1.82) is 0 Å². The van der Waals surface area contributed by atoms with Gasteiger partial charge in [-0.05, 0) is 62.2 Å². The number of amides is 1. The van der Waals surface area contributed by atoms with E-state index < -0.39 is 0 Å². The summed E-state index contributed by atoms with van der Waals surface area (Å²) in [6.07, 6.45) is 1.67. The van der Waals surface area contributed by atoms with Crippen molar-refractivity contribution >= 4 is 34.1 Å². The largest absolute Gasteiger partial charge is 0.356 e. The summed E-state index contributed by atoms with van der Waals surface area (Å²) in [4.78, 5) is 20.7. The lowest BCUT2D eigenvalue weighted by Gasteiger charge is -2.08. The minimum atomic E-state index is -0.147. The van der Waals surface area contributed by atoms with Crippen LogP contribution in [0, 0.1) is 20.8 Å². The van der Waals surface area contributed by atoms with Crippen molar-refractivity contribution in [1.82, 2.24) is 15.1 Å². The quantitative estimate of drug-likeness (QED) is 0.525. The summed E-state index contributed by atoms with van der Waals surface area (Å²) in [5, 5.41) is 11.1. The summed E-state index contributed by atoms with van der Waals surface area (Å²) < 4.78 is 5.42. The molecule has 1 amide bonds. The van der Waals surface area contributed by atoms with Crippen LogP contribution in [0.5, 0.6) is 0 Å². The Morgan fingerprint density at radius 1 is 1.00 bits per heavy atom. The zero-order valence-corrected chi connectivity index (χ0v) is 16.5. The van der Waals surface area contributed by atoms with E-state index in [1.807, 2.05) is 63.2 Å². The van der Waals surface area contributed by atoms with Gasteiger partial charge in [-0.3, -0.25) is 4.79 Å². The Labute approximate surface area is 168 Å². The van der Waals surface area contributed by atoms with Crippen molar-refractivity contribution in [3.8, 4) is 0 Å². The van der Waals surface area contributed by atoms with Crippen molar-refractivity contribution in [2.24, 2.45) is 0 Å². The molecule has 146 valence electrons. The fourth-order valence-electron chi connectivity index (χ4n) is 3.23. The Balaban J connectivity index is 1.42. The molecule has 2 N–H and O–H groups in total. The van der Waals surface area contributed by atoms with Crippen LogP contribution in [0.1, 0.15) is 22.5 Å². The number of hydrogen-bond acceptors (Lipinski definition) is 6. The molecule has 0 aliphatic heterocycles. The van der Waals surface area contributed by atoms with E-state index in [9.17, 15) is 4.79 Å². The van der Waals surface area contributed by atoms with Gasteiger partial charge in [0.25, 0.3) is 0 Å². The molecular weight excluding hydrogens is 366 g/mol. The number of rotatable bonds is 5. The second kappa shape index (κ2) is 7.71. The molecule has 0 fully saturated rings. The number of nitrogens with zero attached hydrogens (tertiary/aromatic N) is 3. The molecule has 0 aliphatic rings. The number of anilines is 3. The summed E-state index contributed by atoms with van der Waals surface area (Å²) in [5.74, 6) is 0.573. The molecule has 2 heterocycles. The highest BCUT2D eigenvalue weighted by molar-refractivity contribution is 5.95. The van der Waals surface area contributed by atoms with Crippen LogP contribution >= 0.6 is 0 Å². The van der Waals surface area contributed by atoms with Crippen LogP contribution in [0.15, 0.2) is 53.3 Å². The number of nitrogens with one attached hydrogen (secondary N) is 2. The Kier molecular flexibility index (Phi) is 4.95. The first-order valence-corrected chi connectivity index (χ1v) is 9.29. The Hall–Kier alpha value is -3.74. The number of aryl methyl sites for hydroxylation is 3. The number of hydrogen-bond donors (Lipinski definition) is 2. The number of carbonyl (C=O) groups is 1. The number of carbonyl (C=O) groups excluding carboxylic acids is 1. The Morgan fingerprint density at radius 3 is 2.52 bits per heavy atom. The highest BCUT2D eigenvalue weighted by Gasteiger charge is 2.14. The van der Waals surface area contributed by atoms with Crippen LogP contribution < -0.4 is 10.6 Å². The maximum absolute atomic E-state index is 12.5. The summed E-state index contributed by atoms with van der Waals surface area (Å²) in [6, 6.07) is 13.3. The van der Waals surface area contributed by atoms with E-state index in [0.717, 1.165) is 39.3 Å². The fraction of sp³-hybridized carbons (Fsp3) is 0.182. The lowest BCUT2D eigenvalue weighted by molar-refractivity contribution is -0.115. The maximum atomic E-state index is 12.5. The Bertz CT molecular complexity index is 1180. The molecule has 0 atom stereocenters. The molecule has 0 saturated carbocycles. The highest BCUT2D eigenvalue weighted by Crippen LogP contribution is 2.24. The number of aromatic nitrogens is 3. The van der Waals surface area contributed by atoms with Gasteiger partial charge in [0.15, 0.2) is 5.58 Å². The van der Waals surface area contributed by atoms with Gasteiger partial charge in [-0.1, -0.05) is 11.2 Å². The molecule has 7 heteroatoms. The van der Waals surface area contributed by atoms with E-state index in [1.54, 1.807) is 0 Å². The lowest BCUT2D eigenvalue weighted by atomic mass is 10.1. The van der Waals surface area contributed by atoms with Gasteiger partial charge in [-0.25, -0.2) is 9.97 Å². The predicted molar refractivity (Wildman–Crippen MR) is 112 cm³/mol. The second-order valence-electron chi connectivity index (χ2n) is 7.06. The van der Waals surface area contributed by atoms with Gasteiger partial charge in [0.1, 0.15) is 17.8 Å². The van der Waals surface area contributed by atoms with E-state index in [1.165, 1.54) is 6.33 Å². The first-order valence-electron chi connectivity index (χ1n) is 9.29. The third kappa shape index (κ3) is 4.24. The molecule has 2 aromatic carbocycles. The fourth-order valence-corrected chi connectivity index (χ4v) is 3.23. The van der Waals surface area contributed by atoms with E-state index in [2.05, 4.69) is 25.8 Å². The maximum Gasteiger partial charge on any atom is 0.230 e. The van der Waals surface area contributed by atoms with E-state index in [-0.39, 0.29) is 12.3 Å². The van der Waals surface area contributed by atoms with Crippen molar-refractivity contribution < 1.29 is 9.32 Å². The smallest absolute Gasteiger partial charge is 0.230 e. The van der Waals surface area contributed by atoms with Gasteiger partial charge in [0, 0.05) is 28.5 Å². The zero-order valence-electron chi connectivity index (χ0n) is 16.5. The van der Waals surface area contributed by atoms with Crippen molar-refractivity contribution in [3.63, 3.8) is 0 Å². The summed E-state index contributed by atoms with van der Waals surface area (Å²) in [7, 11) is 0. The van der Waals surface area contributed by atoms with Crippen LogP contribution in [0.25, 0.3) is 11.0 Å². The number of fused-ring (bicyclic) bond motifs is 1. The monoisotopic (exact) mass is 387 g/mol. The topological polar surface area (TPSA) is 92.9 Å². The molecular formula is C22H21N5O2. The first kappa shape index (κ1) is 18.6. The van der Waals surface area contributed by atoms with Gasteiger partial charge >= 0.3 is 0 Å². The molecule has 4 rings (SSSR count). The van der Waals surface area contributed by atoms with Crippen LogP contribution in [0.3, 0.4) is 0 Å². The minimum absolute atomic E-state index is 0.147. The van der Waals surface area contributed by atoms with Gasteiger partial charge in [-0.15, -0.1) is 0 Å². The Morgan fingerprint density at radius 2 is 1.76 bits per heavy atom. The third-order valence-electron chi connectivity index (χ3n) is 4.55. The van der Waals surface area contributed by atoms with Crippen LogP contribution in [0.2, 0.25) is 0 Å². The number of benzene rings is 2. The molecule has 2 aromatic heterocycles. The summed E-state index contributed by atoms with van der Waals surface area (Å²) in [6.45, 7) is 5.90. The van der Waals surface area contributed by atoms with E-state index in [4.69, 9.17) is 4.52 Å². The zero-order chi connectivity index (χ0) is 20.4. The van der Waals surface area contributed by atoms with E-state index >= 15 is 0 Å². The van der Waals surface area contributed by atoms with Crippen molar-refractivity contribution in [3.05, 3.63) is 71.3 Å². The van der Waals surface area contributed by atoms with Gasteiger partial charge < -0.3 is 15.2 Å². The molecule has 0 unspecified atom stereocenters. The highest BCUT2D eigenvalue weighted by atomic mass is 16.5. The van der Waals surface area contributed by atoms with Crippen LogP contribution in [-0.2, 0) is 11.2 Å². The molecule has 0 spiro atoms. The normalized spacial score (nSPS) is 10.9. The molecule has 0 saturated heterocycles. The molecule has 0 aliphatic carbocycles. The lowest BCUT2D eigenvalue weighted by Crippen LogP contribution is -2.14. The van der Waals surface area contributed by atoms with E-state index in [0.29, 0.717) is 11.4 Å². The predicted octanol–water partition coefficient (Wildman–Crippen LogP) is 4.47. The third-order valence-corrected chi connectivity index (χ3v) is 4.55. The van der Waals surface area contributed by atoms with Crippen LogP contribution in [-0.4, -0.2) is 21.0 Å². The molecule has 7 nitrogen and oxygen atoms in total. The standard InChI is InChI=1S/C22H21N5O2/c1-13-8-14(2)22-18(9-13)19(27-29-22)11-21(28)26-17-6-4-16(5-7-17)25-20-10-15(3)23-12-24-20/h4-10,12H,11H2,1-3H3,(H,26,28)(H,23,24,25). The first-order chi connectivity index (χ1) is 14.0. The second-order valence-corrected chi connectivity index (χ2v) is 7.06. The van der Waals surface area contributed by atoms with Crippen molar-refractivity contribution in [2.75, 3.05) is 10.6 Å².